The maximum absolute atomic E-state index is 10.4. The van der Waals surface area contributed by atoms with Crippen LogP contribution in [0.25, 0.3) is 0 Å². The first-order valence-electron chi connectivity index (χ1n) is 3.86. The zero-order valence-electron chi connectivity index (χ0n) is 6.97. The van der Waals surface area contributed by atoms with Crippen LogP contribution in [0.4, 0.5) is 0 Å². The second kappa shape index (κ2) is 3.91. The molecule has 0 bridgehead atoms. The van der Waals surface area contributed by atoms with Crippen molar-refractivity contribution in [2.75, 3.05) is 0 Å². The Balaban J connectivity index is 2.64. The minimum atomic E-state index is -1.02. The lowest BCUT2D eigenvalue weighted by molar-refractivity contribution is -0.138. The van der Waals surface area contributed by atoms with E-state index in [1.807, 2.05) is 0 Å². The molecular weight excluding hydrogens is 171 g/mol. The Morgan fingerprint density at radius 3 is 2.38 bits per heavy atom. The molecule has 0 aliphatic carbocycles. The summed E-state index contributed by atoms with van der Waals surface area (Å²) in [7, 11) is 0. The van der Waals surface area contributed by atoms with Gasteiger partial charge in [-0.2, -0.15) is 0 Å². The summed E-state index contributed by atoms with van der Waals surface area (Å²) in [6.07, 6.45) is 0.273. The summed E-state index contributed by atoms with van der Waals surface area (Å²) in [5, 5.41) is 17.5. The number of phenolic OH excluding ortho intramolecular Hbond substituents is 1. The van der Waals surface area contributed by atoms with Gasteiger partial charge in [0.25, 0.3) is 0 Å². The van der Waals surface area contributed by atoms with E-state index in [1.54, 1.807) is 12.1 Å². The fourth-order valence-electron chi connectivity index (χ4n) is 0.973. The van der Waals surface area contributed by atoms with Gasteiger partial charge in [-0.15, -0.1) is 0 Å². The SMILES string of the molecule is N[C@H]([13CH2]c1ccc(O)cc1)C(=O)O. The van der Waals surface area contributed by atoms with E-state index in [4.69, 9.17) is 15.9 Å². The van der Waals surface area contributed by atoms with E-state index >= 15 is 0 Å². The van der Waals surface area contributed by atoms with Gasteiger partial charge in [-0.3, -0.25) is 4.79 Å². The molecule has 0 unspecified atom stereocenters. The normalized spacial score (nSPS) is 12.4. The van der Waals surface area contributed by atoms with E-state index in [0.29, 0.717) is 0 Å². The van der Waals surface area contributed by atoms with E-state index in [9.17, 15) is 4.79 Å². The Kier molecular flexibility index (Phi) is 2.87. The maximum Gasteiger partial charge on any atom is 0.320 e. The summed E-state index contributed by atoms with van der Waals surface area (Å²) >= 11 is 0. The Bertz CT molecular complexity index is 294. The van der Waals surface area contributed by atoms with Crippen LogP contribution in [0.5, 0.6) is 5.75 Å². The van der Waals surface area contributed by atoms with Gasteiger partial charge in [0.1, 0.15) is 11.8 Å². The minimum absolute atomic E-state index is 0.160. The topological polar surface area (TPSA) is 83.5 Å². The van der Waals surface area contributed by atoms with Gasteiger partial charge < -0.3 is 15.9 Å². The predicted molar refractivity (Wildman–Crippen MR) is 47.4 cm³/mol. The van der Waals surface area contributed by atoms with Gasteiger partial charge in [0.15, 0.2) is 0 Å². The van der Waals surface area contributed by atoms with Crippen LogP contribution in [0.15, 0.2) is 24.3 Å². The fourth-order valence-corrected chi connectivity index (χ4v) is 0.973. The van der Waals surface area contributed by atoms with Crippen molar-refractivity contribution < 1.29 is 15.0 Å². The molecule has 1 rings (SSSR count). The van der Waals surface area contributed by atoms with Crippen LogP contribution in [0, 0.1) is 0 Å². The zero-order valence-corrected chi connectivity index (χ0v) is 6.97. The molecule has 4 nitrogen and oxygen atoms in total. The third kappa shape index (κ3) is 2.76. The largest absolute Gasteiger partial charge is 0.508 e. The molecule has 0 heterocycles. The first-order chi connectivity index (χ1) is 6.09. The highest BCUT2D eigenvalue weighted by molar-refractivity contribution is 5.73. The highest BCUT2D eigenvalue weighted by atomic mass is 16.4. The number of rotatable bonds is 3. The van der Waals surface area contributed by atoms with Gasteiger partial charge in [0.05, 0.1) is 0 Å². The standard InChI is InChI=1S/C9H11NO3/c10-8(9(12)13)5-6-1-3-7(11)4-2-6/h1-4,8,11H,5,10H2,(H,12,13)/t8-/m1/s1/i5+1. The summed E-state index contributed by atoms with van der Waals surface area (Å²) in [6, 6.07) is 5.42. The molecule has 0 aliphatic rings. The van der Waals surface area contributed by atoms with Gasteiger partial charge in [-0.1, -0.05) is 12.1 Å². The second-order valence-electron chi connectivity index (χ2n) is 2.82. The molecule has 0 amide bonds. The summed E-state index contributed by atoms with van der Waals surface area (Å²) < 4.78 is 0. The van der Waals surface area contributed by atoms with E-state index in [-0.39, 0.29) is 12.2 Å². The number of hydrogen-bond acceptors (Lipinski definition) is 3. The summed E-state index contributed by atoms with van der Waals surface area (Å²) in [6.45, 7) is 0. The Morgan fingerprint density at radius 1 is 1.38 bits per heavy atom. The molecular formula is C9H11NO3. The molecule has 13 heavy (non-hydrogen) atoms. The van der Waals surface area contributed by atoms with Crippen molar-refractivity contribution in [3.8, 4) is 5.75 Å². The Hall–Kier alpha value is -1.55. The molecule has 4 N–H and O–H groups in total. The number of benzene rings is 1. The average molecular weight is 182 g/mol. The molecule has 0 fully saturated rings. The van der Waals surface area contributed by atoms with Crippen molar-refractivity contribution in [1.29, 1.82) is 0 Å². The van der Waals surface area contributed by atoms with Crippen molar-refractivity contribution >= 4 is 5.97 Å². The second-order valence-corrected chi connectivity index (χ2v) is 2.82. The number of hydrogen-bond donors (Lipinski definition) is 3. The van der Waals surface area contributed by atoms with Gasteiger partial charge in [-0.25, -0.2) is 0 Å². The molecule has 1 atom stereocenters. The molecule has 0 aromatic heterocycles. The minimum Gasteiger partial charge on any atom is -0.508 e. The molecule has 0 saturated heterocycles. The Morgan fingerprint density at radius 2 is 1.92 bits per heavy atom. The molecule has 4 heteroatoms. The highest BCUT2D eigenvalue weighted by Crippen LogP contribution is 2.10. The third-order valence-electron chi connectivity index (χ3n) is 1.71. The molecule has 1 aromatic rings. The quantitative estimate of drug-likeness (QED) is 0.589. The van der Waals surface area contributed by atoms with Crippen LogP contribution in [0.1, 0.15) is 5.56 Å². The number of carbonyl (C=O) groups is 1. The van der Waals surface area contributed by atoms with Crippen LogP contribution in [0.3, 0.4) is 0 Å². The molecule has 0 radical (unpaired) electrons. The van der Waals surface area contributed by atoms with Gasteiger partial charge in [0, 0.05) is 0 Å². The monoisotopic (exact) mass is 182 g/mol. The number of aliphatic carboxylic acids is 1. The van der Waals surface area contributed by atoms with Gasteiger partial charge in [-0.05, 0) is 24.1 Å². The van der Waals surface area contributed by atoms with Crippen LogP contribution in [-0.4, -0.2) is 22.2 Å². The summed E-state index contributed by atoms with van der Waals surface area (Å²) in [5.41, 5.74) is 6.12. The number of aromatic hydroxyl groups is 1. The van der Waals surface area contributed by atoms with E-state index in [1.165, 1.54) is 12.1 Å². The highest BCUT2D eigenvalue weighted by Gasteiger charge is 2.11. The van der Waals surface area contributed by atoms with Crippen molar-refractivity contribution in [1.82, 2.24) is 0 Å². The lowest BCUT2D eigenvalue weighted by atomic mass is 10.2. The molecule has 0 saturated carbocycles. The van der Waals surface area contributed by atoms with Gasteiger partial charge in [0.2, 0.25) is 0 Å². The molecule has 70 valence electrons. The molecule has 0 aliphatic heterocycles. The van der Waals surface area contributed by atoms with E-state index in [0.717, 1.165) is 5.56 Å². The van der Waals surface area contributed by atoms with Crippen molar-refractivity contribution in [3.63, 3.8) is 0 Å². The fraction of sp³-hybridized carbons (Fsp3) is 0.222. The van der Waals surface area contributed by atoms with E-state index in [2.05, 4.69) is 0 Å². The Labute approximate surface area is 75.6 Å². The van der Waals surface area contributed by atoms with Crippen molar-refractivity contribution in [3.05, 3.63) is 29.8 Å². The number of nitrogens with two attached hydrogens (primary N) is 1. The lowest BCUT2D eigenvalue weighted by Crippen LogP contribution is -2.32. The predicted octanol–water partition coefficient (Wildman–Crippen LogP) is 0.347. The number of carboxylic acid groups (broad SMARTS) is 1. The lowest BCUT2D eigenvalue weighted by Gasteiger charge is -2.05. The molecule has 1 aromatic carbocycles. The summed E-state index contributed by atoms with van der Waals surface area (Å²) in [5.74, 6) is -0.860. The average Bonchev–Trinajstić information content (AvgIpc) is 2.08. The first-order valence-corrected chi connectivity index (χ1v) is 3.86. The number of phenols is 1. The number of carboxylic acids is 1. The maximum atomic E-state index is 10.4. The zero-order chi connectivity index (χ0) is 9.84. The van der Waals surface area contributed by atoms with Gasteiger partial charge >= 0.3 is 5.97 Å². The smallest absolute Gasteiger partial charge is 0.320 e. The van der Waals surface area contributed by atoms with Crippen LogP contribution in [-0.2, 0) is 11.2 Å². The first kappa shape index (κ1) is 9.54. The van der Waals surface area contributed by atoms with Crippen LogP contribution < -0.4 is 5.73 Å². The van der Waals surface area contributed by atoms with Crippen LogP contribution >= 0.6 is 0 Å². The third-order valence-corrected chi connectivity index (χ3v) is 1.71. The van der Waals surface area contributed by atoms with Crippen molar-refractivity contribution in [2.45, 2.75) is 12.5 Å². The van der Waals surface area contributed by atoms with Crippen LogP contribution in [0.2, 0.25) is 0 Å². The molecule has 0 spiro atoms. The van der Waals surface area contributed by atoms with Crippen molar-refractivity contribution in [2.24, 2.45) is 5.73 Å². The van der Waals surface area contributed by atoms with E-state index < -0.39 is 12.0 Å². The summed E-state index contributed by atoms with van der Waals surface area (Å²) in [4.78, 5) is 10.4.